The van der Waals surface area contributed by atoms with Gasteiger partial charge in [-0.15, -0.1) is 0 Å². The highest BCUT2D eigenvalue weighted by molar-refractivity contribution is 5.76. The Morgan fingerprint density at radius 2 is 2.42 bits per heavy atom. The minimum Gasteiger partial charge on any atom is -0.354 e. The van der Waals surface area contributed by atoms with Crippen LogP contribution in [0.4, 0.5) is 0 Å². The summed E-state index contributed by atoms with van der Waals surface area (Å²) in [6, 6.07) is 0.270. The number of nitrogens with one attached hydrogen (secondary N) is 2. The quantitative estimate of drug-likeness (QED) is 0.648. The van der Waals surface area contributed by atoms with Crippen LogP contribution in [0.3, 0.4) is 0 Å². The van der Waals surface area contributed by atoms with Gasteiger partial charge in [0.05, 0.1) is 0 Å². The number of rotatable bonds is 3. The largest absolute Gasteiger partial charge is 0.354 e. The maximum atomic E-state index is 11.3. The SMILES string of the molecule is CC(C)NC(=O)C[C@@H]1CCNC1. The van der Waals surface area contributed by atoms with Crippen LogP contribution in [0.2, 0.25) is 0 Å². The summed E-state index contributed by atoms with van der Waals surface area (Å²) in [5, 5.41) is 6.15. The Morgan fingerprint density at radius 3 is 2.92 bits per heavy atom. The maximum absolute atomic E-state index is 11.3. The summed E-state index contributed by atoms with van der Waals surface area (Å²) >= 11 is 0. The molecule has 0 unspecified atom stereocenters. The number of hydrogen-bond donors (Lipinski definition) is 2. The van der Waals surface area contributed by atoms with E-state index in [0.717, 1.165) is 19.5 Å². The molecule has 3 nitrogen and oxygen atoms in total. The van der Waals surface area contributed by atoms with E-state index in [4.69, 9.17) is 0 Å². The zero-order valence-corrected chi connectivity index (χ0v) is 7.89. The summed E-state index contributed by atoms with van der Waals surface area (Å²) in [4.78, 5) is 11.3. The van der Waals surface area contributed by atoms with E-state index in [-0.39, 0.29) is 11.9 Å². The third-order valence-electron chi connectivity index (χ3n) is 2.09. The van der Waals surface area contributed by atoms with E-state index in [9.17, 15) is 4.79 Å². The van der Waals surface area contributed by atoms with Crippen molar-refractivity contribution in [3.8, 4) is 0 Å². The van der Waals surface area contributed by atoms with E-state index in [2.05, 4.69) is 10.6 Å². The van der Waals surface area contributed by atoms with Gasteiger partial charge in [-0.25, -0.2) is 0 Å². The lowest BCUT2D eigenvalue weighted by Gasteiger charge is -2.11. The fourth-order valence-corrected chi connectivity index (χ4v) is 1.53. The lowest BCUT2D eigenvalue weighted by Crippen LogP contribution is -2.31. The summed E-state index contributed by atoms with van der Waals surface area (Å²) in [5.41, 5.74) is 0. The van der Waals surface area contributed by atoms with Gasteiger partial charge in [-0.2, -0.15) is 0 Å². The molecule has 3 heteroatoms. The van der Waals surface area contributed by atoms with Gasteiger partial charge in [-0.3, -0.25) is 4.79 Å². The molecule has 1 heterocycles. The van der Waals surface area contributed by atoms with Crippen LogP contribution in [-0.4, -0.2) is 25.0 Å². The third-order valence-corrected chi connectivity index (χ3v) is 2.09. The van der Waals surface area contributed by atoms with Crippen LogP contribution in [0.25, 0.3) is 0 Å². The monoisotopic (exact) mass is 170 g/mol. The van der Waals surface area contributed by atoms with Crippen molar-refractivity contribution in [2.24, 2.45) is 5.92 Å². The number of amides is 1. The predicted octanol–water partition coefficient (Wildman–Crippen LogP) is 0.511. The highest BCUT2D eigenvalue weighted by atomic mass is 16.1. The lowest BCUT2D eigenvalue weighted by molar-refractivity contribution is -0.122. The van der Waals surface area contributed by atoms with Crippen LogP contribution in [0.15, 0.2) is 0 Å². The standard InChI is InChI=1S/C9H18N2O/c1-7(2)11-9(12)5-8-3-4-10-6-8/h7-8,10H,3-6H2,1-2H3,(H,11,12)/t8-/m0/s1. The van der Waals surface area contributed by atoms with Crippen molar-refractivity contribution in [2.45, 2.75) is 32.7 Å². The van der Waals surface area contributed by atoms with E-state index in [1.165, 1.54) is 0 Å². The molecule has 1 atom stereocenters. The average molecular weight is 170 g/mol. The van der Waals surface area contributed by atoms with Gasteiger partial charge in [0.1, 0.15) is 0 Å². The lowest BCUT2D eigenvalue weighted by atomic mass is 10.0. The van der Waals surface area contributed by atoms with Crippen LogP contribution in [0.5, 0.6) is 0 Å². The van der Waals surface area contributed by atoms with Gasteiger partial charge in [0.15, 0.2) is 0 Å². The molecule has 0 aromatic heterocycles. The van der Waals surface area contributed by atoms with E-state index in [1.54, 1.807) is 0 Å². The van der Waals surface area contributed by atoms with Gasteiger partial charge in [-0.1, -0.05) is 0 Å². The fourth-order valence-electron chi connectivity index (χ4n) is 1.53. The molecule has 0 saturated carbocycles. The molecule has 1 fully saturated rings. The van der Waals surface area contributed by atoms with Crippen molar-refractivity contribution in [3.05, 3.63) is 0 Å². The van der Waals surface area contributed by atoms with Gasteiger partial charge >= 0.3 is 0 Å². The smallest absolute Gasteiger partial charge is 0.220 e. The molecule has 1 saturated heterocycles. The van der Waals surface area contributed by atoms with Gasteiger partial charge in [-0.05, 0) is 39.3 Å². The third kappa shape index (κ3) is 3.22. The first kappa shape index (κ1) is 9.52. The summed E-state index contributed by atoms with van der Waals surface area (Å²) in [6.45, 7) is 6.06. The summed E-state index contributed by atoms with van der Waals surface area (Å²) in [7, 11) is 0. The van der Waals surface area contributed by atoms with Crippen LogP contribution in [-0.2, 0) is 4.79 Å². The Bertz CT molecular complexity index is 151. The van der Waals surface area contributed by atoms with Crippen molar-refractivity contribution in [2.75, 3.05) is 13.1 Å². The zero-order chi connectivity index (χ0) is 8.97. The number of carbonyl (C=O) groups is 1. The second-order valence-electron chi connectivity index (χ2n) is 3.79. The first-order valence-electron chi connectivity index (χ1n) is 4.68. The van der Waals surface area contributed by atoms with Crippen molar-refractivity contribution in [1.82, 2.24) is 10.6 Å². The van der Waals surface area contributed by atoms with Crippen LogP contribution >= 0.6 is 0 Å². The molecule has 0 aliphatic carbocycles. The normalized spacial score (nSPS) is 23.1. The minimum absolute atomic E-state index is 0.193. The Hall–Kier alpha value is -0.570. The van der Waals surface area contributed by atoms with E-state index in [1.807, 2.05) is 13.8 Å². The Labute approximate surface area is 73.9 Å². The molecule has 0 spiro atoms. The first-order chi connectivity index (χ1) is 5.68. The summed E-state index contributed by atoms with van der Waals surface area (Å²) in [5.74, 6) is 0.752. The minimum atomic E-state index is 0.193. The van der Waals surface area contributed by atoms with Crippen LogP contribution in [0.1, 0.15) is 26.7 Å². The maximum Gasteiger partial charge on any atom is 0.220 e. The molecular weight excluding hydrogens is 152 g/mol. The molecule has 0 aromatic carbocycles. The number of carbonyl (C=O) groups excluding carboxylic acids is 1. The van der Waals surface area contributed by atoms with E-state index >= 15 is 0 Å². The molecule has 1 aliphatic rings. The Morgan fingerprint density at radius 1 is 1.67 bits per heavy atom. The second-order valence-corrected chi connectivity index (χ2v) is 3.79. The predicted molar refractivity (Wildman–Crippen MR) is 48.9 cm³/mol. The molecule has 12 heavy (non-hydrogen) atoms. The molecule has 1 rings (SSSR count). The number of hydrogen-bond acceptors (Lipinski definition) is 2. The fraction of sp³-hybridized carbons (Fsp3) is 0.889. The summed E-state index contributed by atoms with van der Waals surface area (Å²) in [6.07, 6.45) is 1.83. The van der Waals surface area contributed by atoms with Crippen molar-refractivity contribution < 1.29 is 4.79 Å². The molecule has 1 aliphatic heterocycles. The summed E-state index contributed by atoms with van der Waals surface area (Å²) < 4.78 is 0. The average Bonchev–Trinajstić information content (AvgIpc) is 2.37. The van der Waals surface area contributed by atoms with Gasteiger partial charge in [0.2, 0.25) is 5.91 Å². The van der Waals surface area contributed by atoms with Gasteiger partial charge < -0.3 is 10.6 Å². The molecule has 1 amide bonds. The zero-order valence-electron chi connectivity index (χ0n) is 7.89. The second kappa shape index (κ2) is 4.45. The van der Waals surface area contributed by atoms with Crippen LogP contribution in [0, 0.1) is 5.92 Å². The molecule has 2 N–H and O–H groups in total. The van der Waals surface area contributed by atoms with Gasteiger partial charge in [0.25, 0.3) is 0 Å². The van der Waals surface area contributed by atoms with Crippen LogP contribution < -0.4 is 10.6 Å². The first-order valence-corrected chi connectivity index (χ1v) is 4.68. The van der Waals surface area contributed by atoms with Crippen molar-refractivity contribution in [1.29, 1.82) is 0 Å². The van der Waals surface area contributed by atoms with E-state index in [0.29, 0.717) is 12.3 Å². The highest BCUT2D eigenvalue weighted by Crippen LogP contribution is 2.11. The molecule has 0 bridgehead atoms. The molecular formula is C9H18N2O. The topological polar surface area (TPSA) is 41.1 Å². The molecule has 70 valence electrons. The Balaban J connectivity index is 2.16. The van der Waals surface area contributed by atoms with E-state index < -0.39 is 0 Å². The molecule has 0 radical (unpaired) electrons. The van der Waals surface area contributed by atoms with Crippen molar-refractivity contribution in [3.63, 3.8) is 0 Å². The highest BCUT2D eigenvalue weighted by Gasteiger charge is 2.17. The molecule has 0 aromatic rings. The Kier molecular flexibility index (Phi) is 3.53. The van der Waals surface area contributed by atoms with Gasteiger partial charge in [0, 0.05) is 12.5 Å². The van der Waals surface area contributed by atoms with Crippen molar-refractivity contribution >= 4 is 5.91 Å².